The Labute approximate surface area is 234 Å². The molecule has 0 saturated carbocycles. The van der Waals surface area contributed by atoms with Gasteiger partial charge in [-0.1, -0.05) is 107 Å². The fraction of sp³-hybridized carbons (Fsp3) is 0.778. The average Bonchev–Trinajstić information content (AvgIpc) is 3.41. The van der Waals surface area contributed by atoms with Gasteiger partial charge in [0.25, 0.3) is 0 Å². The maximum Gasteiger partial charge on any atom is -0.00157 e. The minimum absolute atomic E-state index is 0.863. The molecule has 0 spiro atoms. The van der Waals surface area contributed by atoms with Gasteiger partial charge in [-0.3, -0.25) is 0 Å². The van der Waals surface area contributed by atoms with E-state index in [0.717, 1.165) is 12.3 Å². The number of allylic oxidation sites excluding steroid dienone is 6. The summed E-state index contributed by atoms with van der Waals surface area (Å²) in [7, 11) is 0. The van der Waals surface area contributed by atoms with Crippen LogP contribution in [0.5, 0.6) is 0 Å². The van der Waals surface area contributed by atoms with E-state index in [1.165, 1.54) is 166 Å². The van der Waals surface area contributed by atoms with Gasteiger partial charge in [-0.25, -0.2) is 0 Å². The van der Waals surface area contributed by atoms with Crippen molar-refractivity contribution in [2.45, 2.75) is 155 Å². The van der Waals surface area contributed by atoms with Crippen LogP contribution in [0.3, 0.4) is 0 Å². The van der Waals surface area contributed by atoms with Crippen LogP contribution >= 0.6 is 0 Å². The molecule has 1 fully saturated rings. The third-order valence-corrected chi connectivity index (χ3v) is 8.19. The largest absolute Gasteiger partial charge is 0.303 e. The maximum absolute atomic E-state index is 4.43. The lowest BCUT2D eigenvalue weighted by atomic mass is 9.88. The van der Waals surface area contributed by atoms with Crippen LogP contribution < -0.4 is 0 Å². The first-order valence-corrected chi connectivity index (χ1v) is 16.5. The third kappa shape index (κ3) is 21.5. The Kier molecular flexibility index (Phi) is 23.1. The van der Waals surface area contributed by atoms with E-state index in [1.807, 2.05) is 0 Å². The quantitative estimate of drug-likeness (QED) is 0.0824. The predicted octanol–water partition coefficient (Wildman–Crippen LogP) is 11.8. The molecule has 0 N–H and O–H groups in total. The molecule has 1 unspecified atom stereocenters. The van der Waals surface area contributed by atoms with Crippen molar-refractivity contribution in [3.05, 3.63) is 48.6 Å². The van der Waals surface area contributed by atoms with Crippen molar-refractivity contribution in [1.82, 2.24) is 4.90 Å². The Morgan fingerprint density at radius 1 is 0.622 bits per heavy atom. The van der Waals surface area contributed by atoms with Gasteiger partial charge in [0, 0.05) is 0 Å². The Hall–Kier alpha value is -1.08. The molecule has 1 aliphatic heterocycles. The lowest BCUT2D eigenvalue weighted by Gasteiger charge is -2.18. The summed E-state index contributed by atoms with van der Waals surface area (Å²) in [5.74, 6) is 0.863. The van der Waals surface area contributed by atoms with E-state index in [9.17, 15) is 0 Å². The van der Waals surface area contributed by atoms with Gasteiger partial charge >= 0.3 is 0 Å². The van der Waals surface area contributed by atoms with E-state index < -0.39 is 0 Å². The molecule has 1 aliphatic rings. The van der Waals surface area contributed by atoms with Gasteiger partial charge in [-0.15, -0.1) is 0 Å². The number of rotatable bonds is 26. The highest BCUT2D eigenvalue weighted by atomic mass is 15.1. The average molecular weight is 512 g/mol. The summed E-state index contributed by atoms with van der Waals surface area (Å²) < 4.78 is 0. The predicted molar refractivity (Wildman–Crippen MR) is 169 cm³/mol. The minimum atomic E-state index is 0.863. The molecule has 0 aliphatic carbocycles. The highest BCUT2D eigenvalue weighted by Gasteiger charge is 2.12. The van der Waals surface area contributed by atoms with Crippen LogP contribution in [0, 0.1) is 5.92 Å². The normalized spacial score (nSPS) is 15.3. The highest BCUT2D eigenvalue weighted by molar-refractivity contribution is 4.97. The van der Waals surface area contributed by atoms with E-state index in [2.05, 4.69) is 56.2 Å². The van der Waals surface area contributed by atoms with Crippen LogP contribution in [-0.4, -0.2) is 24.5 Å². The zero-order valence-corrected chi connectivity index (χ0v) is 25.4. The molecule has 0 amide bonds. The van der Waals surface area contributed by atoms with Crippen LogP contribution in [0.1, 0.15) is 155 Å². The molecule has 0 aromatic rings. The second kappa shape index (κ2) is 25.2. The second-order valence-electron chi connectivity index (χ2n) is 11.9. The van der Waals surface area contributed by atoms with Gasteiger partial charge < -0.3 is 4.90 Å². The van der Waals surface area contributed by atoms with Gasteiger partial charge in [0.05, 0.1) is 0 Å². The molecular weight excluding hydrogens is 446 g/mol. The van der Waals surface area contributed by atoms with Gasteiger partial charge in [-0.2, -0.15) is 0 Å². The Balaban J connectivity index is 1.98. The van der Waals surface area contributed by atoms with E-state index in [4.69, 9.17) is 0 Å². The van der Waals surface area contributed by atoms with Crippen molar-refractivity contribution in [3.63, 3.8) is 0 Å². The smallest absolute Gasteiger partial charge is 0.00157 e. The van der Waals surface area contributed by atoms with Crippen molar-refractivity contribution in [2.24, 2.45) is 5.92 Å². The Bertz CT molecular complexity index is 592. The van der Waals surface area contributed by atoms with Gasteiger partial charge in [0.1, 0.15) is 0 Å². The first-order valence-electron chi connectivity index (χ1n) is 16.5. The third-order valence-electron chi connectivity index (χ3n) is 8.19. The van der Waals surface area contributed by atoms with Crippen molar-refractivity contribution in [1.29, 1.82) is 0 Å². The fourth-order valence-electron chi connectivity index (χ4n) is 5.65. The summed E-state index contributed by atoms with van der Waals surface area (Å²) in [5, 5.41) is 0. The van der Waals surface area contributed by atoms with E-state index in [1.54, 1.807) is 0 Å². The summed E-state index contributed by atoms with van der Waals surface area (Å²) in [5.41, 5.74) is 2.99. The molecule has 0 aromatic heterocycles. The van der Waals surface area contributed by atoms with E-state index in [0.29, 0.717) is 0 Å². The lowest BCUT2D eigenvalue weighted by molar-refractivity contribution is 0.332. The van der Waals surface area contributed by atoms with Gasteiger partial charge in [-0.05, 0) is 122 Å². The molecule has 0 radical (unpaired) electrons. The number of nitrogens with zero attached hydrogens (tertiary/aromatic N) is 1. The number of unbranched alkanes of at least 4 members (excludes halogenated alkanes) is 8. The van der Waals surface area contributed by atoms with Crippen LogP contribution in [0.15, 0.2) is 48.6 Å². The molecule has 214 valence electrons. The molecule has 0 aromatic carbocycles. The monoisotopic (exact) mass is 512 g/mol. The summed E-state index contributed by atoms with van der Waals surface area (Å²) in [6.45, 7) is 17.4. The summed E-state index contributed by atoms with van der Waals surface area (Å²) in [4.78, 5) is 2.63. The topological polar surface area (TPSA) is 3.24 Å². The zero-order valence-electron chi connectivity index (χ0n) is 25.4. The molecule has 1 saturated heterocycles. The lowest BCUT2D eigenvalue weighted by Crippen LogP contribution is -2.20. The van der Waals surface area contributed by atoms with Crippen molar-refractivity contribution in [2.75, 3.05) is 19.6 Å². The van der Waals surface area contributed by atoms with Gasteiger partial charge in [0.15, 0.2) is 0 Å². The molecule has 37 heavy (non-hydrogen) atoms. The van der Waals surface area contributed by atoms with Crippen LogP contribution in [0.25, 0.3) is 0 Å². The van der Waals surface area contributed by atoms with Crippen LogP contribution in [0.2, 0.25) is 0 Å². The number of hydrogen-bond donors (Lipinski definition) is 0. The first-order chi connectivity index (χ1) is 18.2. The van der Waals surface area contributed by atoms with Gasteiger partial charge in [0.2, 0.25) is 0 Å². The second-order valence-corrected chi connectivity index (χ2v) is 11.9. The van der Waals surface area contributed by atoms with Crippen LogP contribution in [-0.2, 0) is 0 Å². The molecule has 1 atom stereocenters. The fourth-order valence-corrected chi connectivity index (χ4v) is 5.65. The van der Waals surface area contributed by atoms with Crippen molar-refractivity contribution < 1.29 is 0 Å². The maximum atomic E-state index is 4.43. The molecule has 1 rings (SSSR count). The highest BCUT2D eigenvalue weighted by Crippen LogP contribution is 2.26. The zero-order chi connectivity index (χ0) is 26.8. The first kappa shape index (κ1) is 33.9. The van der Waals surface area contributed by atoms with Crippen molar-refractivity contribution >= 4 is 0 Å². The Morgan fingerprint density at radius 2 is 1.19 bits per heavy atom. The standard InChI is InChI=1S/C36H65N/c1-5-7-8-9-10-11-12-13-14-15-16-17-18-19-20-25-34(3)27-29-36(24-6-2)30-28-35(4)26-23-33-37-31-21-22-32-37/h10-11,13-14,36H,3-9,12,15-33H2,1-2H3/b11-10-,14-13-. The molecule has 1 nitrogen and oxygen atoms in total. The summed E-state index contributed by atoms with van der Waals surface area (Å²) in [6.07, 6.45) is 38.3. The van der Waals surface area contributed by atoms with Crippen molar-refractivity contribution in [3.8, 4) is 0 Å². The number of hydrogen-bond acceptors (Lipinski definition) is 1. The number of likely N-dealkylation sites (tertiary alicyclic amines) is 1. The molecule has 1 heteroatoms. The molecular formula is C36H65N. The summed E-state index contributed by atoms with van der Waals surface area (Å²) in [6, 6.07) is 0. The molecule has 0 bridgehead atoms. The Morgan fingerprint density at radius 3 is 1.81 bits per heavy atom. The minimum Gasteiger partial charge on any atom is -0.303 e. The van der Waals surface area contributed by atoms with E-state index in [-0.39, 0.29) is 0 Å². The van der Waals surface area contributed by atoms with Crippen LogP contribution in [0.4, 0.5) is 0 Å². The molecule has 1 heterocycles. The van der Waals surface area contributed by atoms with E-state index >= 15 is 0 Å². The summed E-state index contributed by atoms with van der Waals surface area (Å²) >= 11 is 0. The SMILES string of the molecule is C=C(CCCCCCC/C=C\C/C=C\CCCCC)CCC(CCC)CCC(=C)CCCN1CCCC1.